The van der Waals surface area contributed by atoms with E-state index in [-0.39, 0.29) is 0 Å². The van der Waals surface area contributed by atoms with E-state index in [0.717, 1.165) is 112 Å². The van der Waals surface area contributed by atoms with Crippen LogP contribution >= 0.6 is 0 Å². The lowest BCUT2D eigenvalue weighted by Crippen LogP contribution is -1.92. The van der Waals surface area contributed by atoms with E-state index in [4.69, 9.17) is 19.4 Å². The van der Waals surface area contributed by atoms with E-state index in [2.05, 4.69) is 176 Å². The van der Waals surface area contributed by atoms with Gasteiger partial charge >= 0.3 is 0 Å². The summed E-state index contributed by atoms with van der Waals surface area (Å²) >= 11 is 0. The summed E-state index contributed by atoms with van der Waals surface area (Å²) in [6, 6.07) is 49.2. The number of hydrogen-bond donors (Lipinski definition) is 2. The van der Waals surface area contributed by atoms with Gasteiger partial charge in [0.1, 0.15) is 11.5 Å². The monoisotopic (exact) mass is 792 g/mol. The van der Waals surface area contributed by atoms with Gasteiger partial charge < -0.3 is 19.4 Å². The summed E-state index contributed by atoms with van der Waals surface area (Å²) in [5.41, 5.74) is 21.1. The predicted octanol–water partition coefficient (Wildman–Crippen LogP) is 13.9. The summed E-state index contributed by atoms with van der Waals surface area (Å²) in [5, 5.41) is 0. The van der Waals surface area contributed by atoms with Crippen LogP contribution < -0.4 is 9.47 Å². The second-order valence-electron chi connectivity index (χ2n) is 15.7. The minimum Gasteiger partial charge on any atom is -0.497 e. The van der Waals surface area contributed by atoms with Crippen LogP contribution in [0.5, 0.6) is 11.5 Å². The molecule has 0 fully saturated rings. The van der Waals surface area contributed by atoms with Crippen molar-refractivity contribution >= 4 is 46.4 Å². The third kappa shape index (κ3) is 7.02. The number of nitrogens with zero attached hydrogens (tertiary/aromatic N) is 2. The van der Waals surface area contributed by atoms with E-state index in [9.17, 15) is 0 Å². The number of hydrogen-bond acceptors (Lipinski definition) is 4. The zero-order valence-corrected chi connectivity index (χ0v) is 34.8. The number of rotatable bonds is 7. The molecule has 296 valence electrons. The van der Waals surface area contributed by atoms with Gasteiger partial charge in [-0.3, -0.25) is 0 Å². The Balaban J connectivity index is 1.34. The average Bonchev–Trinajstić information content (AvgIpc) is 4.14. The molecule has 61 heavy (non-hydrogen) atoms. The molecule has 6 nitrogen and oxygen atoms in total. The molecule has 0 aliphatic carbocycles. The first-order valence-corrected chi connectivity index (χ1v) is 20.5. The minimum absolute atomic E-state index is 0.758. The second-order valence-corrected chi connectivity index (χ2v) is 15.7. The minimum atomic E-state index is 0.758. The third-order valence-corrected chi connectivity index (χ3v) is 11.6. The topological polar surface area (TPSA) is 75.8 Å². The smallest absolute Gasteiger partial charge is 0.126 e. The summed E-state index contributed by atoms with van der Waals surface area (Å²) in [5.74, 6) is 1.52. The molecule has 2 aliphatic rings. The highest BCUT2D eigenvalue weighted by Crippen LogP contribution is 2.41. The Hall–Kier alpha value is -7.70. The fourth-order valence-electron chi connectivity index (χ4n) is 8.46. The first kappa shape index (κ1) is 37.6. The van der Waals surface area contributed by atoms with Crippen LogP contribution in [0, 0.1) is 20.8 Å². The lowest BCUT2D eigenvalue weighted by molar-refractivity contribution is 0.404. The Morgan fingerprint density at radius 3 is 1.16 bits per heavy atom. The Morgan fingerprint density at radius 2 is 0.770 bits per heavy atom. The number of fused-ring (bicyclic) bond motifs is 8. The number of H-pyrrole nitrogens is 2. The molecule has 0 radical (unpaired) electrons. The van der Waals surface area contributed by atoms with Gasteiger partial charge in [0.05, 0.1) is 37.0 Å². The molecule has 0 unspecified atom stereocenters. The van der Waals surface area contributed by atoms with E-state index in [1.165, 1.54) is 16.7 Å². The highest BCUT2D eigenvalue weighted by Gasteiger charge is 2.20. The van der Waals surface area contributed by atoms with Crippen molar-refractivity contribution < 1.29 is 9.47 Å². The number of ether oxygens (including phenoxy) is 2. The van der Waals surface area contributed by atoms with Crippen molar-refractivity contribution in [2.45, 2.75) is 20.8 Å². The molecular weight excluding hydrogens is 749 g/mol. The maximum Gasteiger partial charge on any atom is 0.126 e. The van der Waals surface area contributed by atoms with Gasteiger partial charge in [-0.2, -0.15) is 0 Å². The molecule has 0 saturated heterocycles. The SMILES string of the molecule is COc1ccc(OC)c(-c2cccc(-c3c4nc(c(-c5ccc(C)cc5)c5ccc([nH]5)c(-c5ccc(C)cc5)c5nc(c(-c6ccc(C)cc6)c6ccc3[nH]6)C=C5)C=C4)c2)c1. The average molecular weight is 793 g/mol. The van der Waals surface area contributed by atoms with Crippen molar-refractivity contribution in [3.63, 3.8) is 0 Å². The fourth-order valence-corrected chi connectivity index (χ4v) is 8.46. The Labute approximate surface area is 355 Å². The van der Waals surface area contributed by atoms with Gasteiger partial charge in [0.2, 0.25) is 0 Å². The molecule has 2 aliphatic heterocycles. The van der Waals surface area contributed by atoms with Gasteiger partial charge in [-0.05, 0) is 121 Å². The Kier molecular flexibility index (Phi) is 9.53. The molecular formula is C55H44N4O2. The summed E-state index contributed by atoms with van der Waals surface area (Å²) < 4.78 is 11.5. The maximum atomic E-state index is 5.85. The molecule has 10 rings (SSSR count). The van der Waals surface area contributed by atoms with Crippen LogP contribution in [0.25, 0.3) is 102 Å². The lowest BCUT2D eigenvalue weighted by atomic mass is 9.97. The van der Waals surface area contributed by atoms with Gasteiger partial charge in [-0.25, -0.2) is 9.97 Å². The second kappa shape index (κ2) is 15.5. The van der Waals surface area contributed by atoms with Gasteiger partial charge in [0.25, 0.3) is 0 Å². The summed E-state index contributed by atoms with van der Waals surface area (Å²) in [6.45, 7) is 6.35. The van der Waals surface area contributed by atoms with E-state index < -0.39 is 0 Å². The van der Waals surface area contributed by atoms with Crippen molar-refractivity contribution in [1.82, 2.24) is 19.9 Å². The first-order valence-electron chi connectivity index (χ1n) is 20.5. The fraction of sp³-hybridized carbons (Fsp3) is 0.0909. The van der Waals surface area contributed by atoms with Crippen LogP contribution in [0.15, 0.2) is 140 Å². The Morgan fingerprint density at radius 1 is 0.377 bits per heavy atom. The van der Waals surface area contributed by atoms with Crippen molar-refractivity contribution in [3.8, 4) is 67.1 Å². The van der Waals surface area contributed by atoms with Crippen LogP contribution in [0.1, 0.15) is 39.5 Å². The van der Waals surface area contributed by atoms with Crippen molar-refractivity contribution in [3.05, 3.63) is 179 Å². The van der Waals surface area contributed by atoms with E-state index >= 15 is 0 Å². The number of nitrogens with one attached hydrogen (secondary N) is 2. The molecule has 8 bridgehead atoms. The van der Waals surface area contributed by atoms with Crippen LogP contribution in [-0.4, -0.2) is 34.2 Å². The first-order chi connectivity index (χ1) is 29.8. The number of aromatic nitrogens is 4. The molecule has 8 aromatic rings. The highest BCUT2D eigenvalue weighted by molar-refractivity contribution is 6.00. The van der Waals surface area contributed by atoms with E-state index in [0.29, 0.717) is 0 Å². The van der Waals surface area contributed by atoms with E-state index in [1.807, 2.05) is 18.2 Å². The van der Waals surface area contributed by atoms with Crippen molar-refractivity contribution in [2.24, 2.45) is 0 Å². The molecule has 5 heterocycles. The molecule has 3 aromatic heterocycles. The molecule has 2 N–H and O–H groups in total. The standard InChI is InChI=1S/C55H44N4O2/c1-33-9-15-36(16-10-33)52-43-22-24-45(56-43)53(37-17-11-34(2)12-18-37)47-26-28-49(58-47)55(40-8-6-7-39(31-40)42-32-41(60-4)21-30-51(42)61-5)50-29-27-48(59-50)54(46-25-23-44(52)57-46)38-19-13-35(3)14-20-38/h6-32,56,59H,1-5H3. The molecule has 5 aromatic carbocycles. The number of benzene rings is 5. The molecule has 0 atom stereocenters. The molecule has 0 saturated carbocycles. The summed E-state index contributed by atoms with van der Waals surface area (Å²) in [6.07, 6.45) is 8.57. The van der Waals surface area contributed by atoms with Crippen LogP contribution in [0.4, 0.5) is 0 Å². The van der Waals surface area contributed by atoms with Crippen LogP contribution in [0.3, 0.4) is 0 Å². The molecule has 0 spiro atoms. The van der Waals surface area contributed by atoms with Gasteiger partial charge in [0.15, 0.2) is 0 Å². The zero-order chi connectivity index (χ0) is 41.6. The van der Waals surface area contributed by atoms with Gasteiger partial charge in [0, 0.05) is 49.9 Å². The third-order valence-electron chi connectivity index (χ3n) is 11.6. The number of aryl methyl sites for hydroxylation is 3. The highest BCUT2D eigenvalue weighted by atomic mass is 16.5. The number of methoxy groups -OCH3 is 2. The largest absolute Gasteiger partial charge is 0.497 e. The molecule has 0 amide bonds. The van der Waals surface area contributed by atoms with Crippen LogP contribution in [0.2, 0.25) is 0 Å². The number of aromatic amines is 2. The Bertz CT molecular complexity index is 3180. The predicted molar refractivity (Wildman–Crippen MR) is 253 cm³/mol. The van der Waals surface area contributed by atoms with E-state index in [1.54, 1.807) is 14.2 Å². The molecule has 6 heteroatoms. The lowest BCUT2D eigenvalue weighted by Gasteiger charge is -2.12. The van der Waals surface area contributed by atoms with Crippen molar-refractivity contribution in [2.75, 3.05) is 14.2 Å². The van der Waals surface area contributed by atoms with Crippen molar-refractivity contribution in [1.29, 1.82) is 0 Å². The van der Waals surface area contributed by atoms with Gasteiger partial charge in [-0.15, -0.1) is 0 Å². The summed E-state index contributed by atoms with van der Waals surface area (Å²) in [7, 11) is 3.38. The quantitative estimate of drug-likeness (QED) is 0.169. The maximum absolute atomic E-state index is 5.85. The van der Waals surface area contributed by atoms with Crippen LogP contribution in [-0.2, 0) is 0 Å². The normalized spacial score (nSPS) is 11.9. The summed E-state index contributed by atoms with van der Waals surface area (Å²) in [4.78, 5) is 18.7. The van der Waals surface area contributed by atoms with Gasteiger partial charge in [-0.1, -0.05) is 108 Å². The zero-order valence-electron chi connectivity index (χ0n) is 34.8.